The Kier molecular flexibility index (Phi) is 5.79. The van der Waals surface area contributed by atoms with Crippen molar-refractivity contribution in [1.82, 2.24) is 0 Å². The maximum Gasteiger partial charge on any atom is 0.337 e. The van der Waals surface area contributed by atoms with Gasteiger partial charge in [0.05, 0.1) is 23.3 Å². The number of aromatic carboxylic acids is 1. The van der Waals surface area contributed by atoms with Crippen LogP contribution in [0.4, 0.5) is 11.4 Å². The summed E-state index contributed by atoms with van der Waals surface area (Å²) in [7, 11) is -2.43. The fraction of sp³-hybridized carbons (Fsp3) is 0.350. The molecule has 0 aliphatic carbocycles. The van der Waals surface area contributed by atoms with Crippen molar-refractivity contribution in [3.63, 3.8) is 0 Å². The van der Waals surface area contributed by atoms with E-state index in [4.69, 9.17) is 4.74 Å². The van der Waals surface area contributed by atoms with E-state index in [0.717, 1.165) is 31.6 Å². The van der Waals surface area contributed by atoms with Gasteiger partial charge in [0.1, 0.15) is 5.75 Å². The molecule has 0 spiro atoms. The first-order chi connectivity index (χ1) is 13.3. The average molecular weight is 404 g/mol. The van der Waals surface area contributed by atoms with Crippen molar-refractivity contribution in [1.29, 1.82) is 0 Å². The summed E-state index contributed by atoms with van der Waals surface area (Å²) in [5.41, 5.74) is 0.751. The summed E-state index contributed by atoms with van der Waals surface area (Å²) in [5.74, 6) is -0.111. The molecule has 3 rings (SSSR count). The highest BCUT2D eigenvalue weighted by molar-refractivity contribution is 7.92. The van der Waals surface area contributed by atoms with Crippen LogP contribution in [0.25, 0.3) is 0 Å². The van der Waals surface area contributed by atoms with Crippen molar-refractivity contribution in [2.75, 3.05) is 29.8 Å². The number of carbonyl (C=O) groups is 1. The molecular formula is C20H24N2O5S. The smallest absolute Gasteiger partial charge is 0.337 e. The first-order valence-electron chi connectivity index (χ1n) is 9.09. The lowest BCUT2D eigenvalue weighted by atomic mass is 9.99. The van der Waals surface area contributed by atoms with Crippen LogP contribution in [0, 0.1) is 5.92 Å². The molecule has 1 saturated heterocycles. The van der Waals surface area contributed by atoms with Gasteiger partial charge in [0.2, 0.25) is 0 Å². The fourth-order valence-corrected chi connectivity index (χ4v) is 4.46. The molecule has 7 nitrogen and oxygen atoms in total. The zero-order chi connectivity index (χ0) is 20.3. The molecule has 1 fully saturated rings. The van der Waals surface area contributed by atoms with Crippen LogP contribution >= 0.6 is 0 Å². The number of sulfonamides is 1. The molecule has 2 aromatic rings. The number of anilines is 2. The quantitative estimate of drug-likeness (QED) is 0.766. The second-order valence-corrected chi connectivity index (χ2v) is 8.69. The van der Waals surface area contributed by atoms with E-state index in [-0.39, 0.29) is 16.1 Å². The van der Waals surface area contributed by atoms with Crippen molar-refractivity contribution >= 4 is 27.4 Å². The molecule has 8 heteroatoms. The molecule has 1 heterocycles. The summed E-state index contributed by atoms with van der Waals surface area (Å²) in [4.78, 5) is 13.9. The Hall–Kier alpha value is -2.74. The molecule has 1 atom stereocenters. The number of hydrogen-bond donors (Lipinski definition) is 2. The van der Waals surface area contributed by atoms with Gasteiger partial charge in [0, 0.05) is 18.8 Å². The molecule has 0 bridgehead atoms. The van der Waals surface area contributed by atoms with Crippen LogP contribution in [-0.2, 0) is 10.0 Å². The zero-order valence-electron chi connectivity index (χ0n) is 15.9. The second kappa shape index (κ2) is 8.10. The monoisotopic (exact) mass is 404 g/mol. The fourth-order valence-electron chi connectivity index (χ4n) is 3.38. The highest BCUT2D eigenvalue weighted by Crippen LogP contribution is 2.29. The van der Waals surface area contributed by atoms with Crippen LogP contribution in [0.5, 0.6) is 5.75 Å². The van der Waals surface area contributed by atoms with Gasteiger partial charge in [-0.2, -0.15) is 0 Å². The van der Waals surface area contributed by atoms with Gasteiger partial charge < -0.3 is 14.7 Å². The molecule has 28 heavy (non-hydrogen) atoms. The van der Waals surface area contributed by atoms with Crippen molar-refractivity contribution in [2.45, 2.75) is 24.7 Å². The van der Waals surface area contributed by atoms with Crippen LogP contribution in [-0.4, -0.2) is 39.7 Å². The largest absolute Gasteiger partial charge is 0.497 e. The highest BCUT2D eigenvalue weighted by Gasteiger charge is 2.22. The summed E-state index contributed by atoms with van der Waals surface area (Å²) in [6, 6.07) is 10.7. The molecule has 2 N–H and O–H groups in total. The minimum absolute atomic E-state index is 0.0265. The Balaban J connectivity index is 1.89. The van der Waals surface area contributed by atoms with Crippen LogP contribution in [0.3, 0.4) is 0 Å². The van der Waals surface area contributed by atoms with E-state index in [1.54, 1.807) is 6.07 Å². The topological polar surface area (TPSA) is 95.9 Å². The predicted octanol–water partition coefficient (Wildman–Crippen LogP) is 3.43. The van der Waals surface area contributed by atoms with Gasteiger partial charge in [-0.3, -0.25) is 4.72 Å². The third kappa shape index (κ3) is 4.39. The Labute approximate surface area is 165 Å². The van der Waals surface area contributed by atoms with Crippen LogP contribution in [0.15, 0.2) is 47.4 Å². The average Bonchev–Trinajstić information content (AvgIpc) is 2.68. The molecule has 1 aliphatic rings. The maximum atomic E-state index is 12.7. The minimum atomic E-state index is -3.92. The number of piperidine rings is 1. The third-order valence-corrected chi connectivity index (χ3v) is 6.25. The number of nitrogens with one attached hydrogen (secondary N) is 1. The van der Waals surface area contributed by atoms with Gasteiger partial charge in [-0.1, -0.05) is 6.92 Å². The summed E-state index contributed by atoms with van der Waals surface area (Å²) in [6.07, 6.45) is 2.21. The van der Waals surface area contributed by atoms with E-state index in [2.05, 4.69) is 16.5 Å². The molecule has 1 aliphatic heterocycles. The Bertz CT molecular complexity index is 957. The van der Waals surface area contributed by atoms with Crippen molar-refractivity contribution in [2.24, 2.45) is 5.92 Å². The number of methoxy groups -OCH3 is 1. The van der Waals surface area contributed by atoms with E-state index in [0.29, 0.717) is 11.7 Å². The van der Waals surface area contributed by atoms with Crippen LogP contribution in [0.1, 0.15) is 30.1 Å². The number of hydrogen-bond acceptors (Lipinski definition) is 5. The predicted molar refractivity (Wildman–Crippen MR) is 108 cm³/mol. The SMILES string of the molecule is COc1ccc(S(=O)(=O)Nc2ccc(N3CCC[C@@H](C)C3)cc2C(=O)O)cc1. The van der Waals surface area contributed by atoms with Gasteiger partial charge in [0.25, 0.3) is 10.0 Å². The lowest BCUT2D eigenvalue weighted by Gasteiger charge is -2.33. The number of carboxylic acids is 1. The Morgan fingerprint density at radius 3 is 2.54 bits per heavy atom. The molecule has 150 valence electrons. The lowest BCUT2D eigenvalue weighted by molar-refractivity contribution is 0.0698. The number of benzene rings is 2. The van der Waals surface area contributed by atoms with Gasteiger partial charge in [-0.05, 0) is 61.2 Å². The van der Waals surface area contributed by atoms with E-state index in [1.807, 2.05) is 0 Å². The number of nitrogens with zero attached hydrogens (tertiary/aromatic N) is 1. The number of ether oxygens (including phenoxy) is 1. The van der Waals surface area contributed by atoms with E-state index in [1.165, 1.54) is 43.5 Å². The standard InChI is InChI=1S/C20H24N2O5S/c1-14-4-3-11-22(13-14)15-5-10-19(18(12-15)20(23)24)21-28(25,26)17-8-6-16(27-2)7-9-17/h5-10,12,14,21H,3-4,11,13H2,1-2H3,(H,23,24)/t14-/m1/s1. The van der Waals surface area contributed by atoms with E-state index >= 15 is 0 Å². The summed E-state index contributed by atoms with van der Waals surface area (Å²) in [6.45, 7) is 3.89. The van der Waals surface area contributed by atoms with Gasteiger partial charge in [-0.25, -0.2) is 13.2 Å². The summed E-state index contributed by atoms with van der Waals surface area (Å²) < 4.78 is 32.7. The molecule has 0 aromatic heterocycles. The highest BCUT2D eigenvalue weighted by atomic mass is 32.2. The third-order valence-electron chi connectivity index (χ3n) is 4.87. The van der Waals surface area contributed by atoms with Crippen LogP contribution < -0.4 is 14.4 Å². The van der Waals surface area contributed by atoms with Crippen LogP contribution in [0.2, 0.25) is 0 Å². The van der Waals surface area contributed by atoms with Gasteiger partial charge in [-0.15, -0.1) is 0 Å². The van der Waals surface area contributed by atoms with Gasteiger partial charge >= 0.3 is 5.97 Å². The van der Waals surface area contributed by atoms with Crippen molar-refractivity contribution in [3.8, 4) is 5.75 Å². The van der Waals surface area contributed by atoms with E-state index in [9.17, 15) is 18.3 Å². The second-order valence-electron chi connectivity index (χ2n) is 7.01. The minimum Gasteiger partial charge on any atom is -0.497 e. The van der Waals surface area contributed by atoms with Gasteiger partial charge in [0.15, 0.2) is 0 Å². The summed E-state index contributed by atoms with van der Waals surface area (Å²) >= 11 is 0. The van der Waals surface area contributed by atoms with Crippen molar-refractivity contribution < 1.29 is 23.1 Å². The normalized spacial score (nSPS) is 17.2. The Morgan fingerprint density at radius 2 is 1.93 bits per heavy atom. The molecule has 0 amide bonds. The number of rotatable bonds is 6. The molecule has 0 radical (unpaired) electrons. The summed E-state index contributed by atoms with van der Waals surface area (Å²) in [5, 5.41) is 9.61. The molecular weight excluding hydrogens is 380 g/mol. The first-order valence-corrected chi connectivity index (χ1v) is 10.6. The van der Waals surface area contributed by atoms with Crippen molar-refractivity contribution in [3.05, 3.63) is 48.0 Å². The van der Waals surface area contributed by atoms with E-state index < -0.39 is 16.0 Å². The molecule has 0 saturated carbocycles. The first kappa shape index (κ1) is 20.0. The Morgan fingerprint density at radius 1 is 1.21 bits per heavy atom. The zero-order valence-corrected chi connectivity index (χ0v) is 16.7. The maximum absolute atomic E-state index is 12.7. The molecule has 2 aromatic carbocycles. The molecule has 0 unspecified atom stereocenters. The lowest BCUT2D eigenvalue weighted by Crippen LogP contribution is -2.34. The number of carboxylic acid groups (broad SMARTS) is 1.